The van der Waals surface area contributed by atoms with Crippen molar-refractivity contribution in [1.29, 1.82) is 0 Å². The second-order valence-corrected chi connectivity index (χ2v) is 5.52. The molecular weight excluding hydrogens is 312 g/mol. The number of fused-ring (bicyclic) bond motifs is 1. The van der Waals surface area contributed by atoms with E-state index in [0.29, 0.717) is 16.7 Å². The van der Waals surface area contributed by atoms with Gasteiger partial charge in [-0.2, -0.15) is 0 Å². The van der Waals surface area contributed by atoms with Crippen LogP contribution in [0.1, 0.15) is 21.5 Å². The third-order valence-corrected chi connectivity index (χ3v) is 3.79. The maximum Gasteiger partial charge on any atom is 0.339 e. The van der Waals surface area contributed by atoms with E-state index in [1.54, 1.807) is 37.3 Å². The van der Waals surface area contributed by atoms with Gasteiger partial charge in [0.1, 0.15) is 5.69 Å². The van der Waals surface area contributed by atoms with E-state index in [2.05, 4.69) is 5.32 Å². The zero-order chi connectivity index (χ0) is 17.3. The quantitative estimate of drug-likeness (QED) is 0.531. The average Bonchev–Trinajstić information content (AvgIpc) is 2.56. The summed E-state index contributed by atoms with van der Waals surface area (Å²) in [6.45, 7) is 1.72. The second kappa shape index (κ2) is 6.11. The molecule has 24 heavy (non-hydrogen) atoms. The number of hydrogen-bond acceptors (Lipinski definition) is 5. The van der Waals surface area contributed by atoms with E-state index in [0.717, 1.165) is 0 Å². The van der Waals surface area contributed by atoms with E-state index < -0.39 is 22.9 Å². The minimum absolute atomic E-state index is 0.0745. The van der Waals surface area contributed by atoms with E-state index in [9.17, 15) is 19.7 Å². The first-order valence-corrected chi connectivity index (χ1v) is 7.30. The Hall–Kier alpha value is -3.22. The molecule has 1 N–H and O–H groups in total. The van der Waals surface area contributed by atoms with Crippen LogP contribution in [0.15, 0.2) is 42.5 Å². The third kappa shape index (κ3) is 2.96. The van der Waals surface area contributed by atoms with Crippen LogP contribution < -0.4 is 5.32 Å². The first kappa shape index (κ1) is 15.7. The number of anilines is 1. The zero-order valence-corrected chi connectivity index (χ0v) is 12.8. The molecule has 0 saturated carbocycles. The van der Waals surface area contributed by atoms with Crippen LogP contribution >= 0.6 is 0 Å². The molecule has 0 aliphatic carbocycles. The zero-order valence-electron chi connectivity index (χ0n) is 12.8. The van der Waals surface area contributed by atoms with Gasteiger partial charge >= 0.3 is 5.97 Å². The highest BCUT2D eigenvalue weighted by Gasteiger charge is 2.32. The number of esters is 1. The standard InChI is InChI=1S/C17H14N2O5/c1-10-6-7-13(14(8-10)19(22)23)18-16(20)15-9-11-4-2-3-5-12(11)17(21)24-15/h2-8,15H,9H2,1H3,(H,18,20)/t15-/m1/s1. The molecule has 122 valence electrons. The fraction of sp³-hybridized carbons (Fsp3) is 0.176. The maximum absolute atomic E-state index is 12.4. The molecule has 3 rings (SSSR count). The molecule has 1 heterocycles. The van der Waals surface area contributed by atoms with Crippen molar-refractivity contribution >= 4 is 23.3 Å². The lowest BCUT2D eigenvalue weighted by Gasteiger charge is -2.23. The molecule has 2 aromatic rings. The number of hydrogen-bond donors (Lipinski definition) is 1. The first-order valence-electron chi connectivity index (χ1n) is 7.30. The molecule has 1 aliphatic heterocycles. The van der Waals surface area contributed by atoms with E-state index >= 15 is 0 Å². The number of ether oxygens (including phenoxy) is 1. The minimum atomic E-state index is -1.02. The molecule has 0 radical (unpaired) electrons. The Labute approximate surface area is 137 Å². The van der Waals surface area contributed by atoms with Gasteiger partial charge in [-0.3, -0.25) is 14.9 Å². The number of nitro groups is 1. The second-order valence-electron chi connectivity index (χ2n) is 5.52. The van der Waals surface area contributed by atoms with Crippen LogP contribution in [0.5, 0.6) is 0 Å². The molecule has 7 nitrogen and oxygen atoms in total. The Morgan fingerprint density at radius 1 is 1.29 bits per heavy atom. The fourth-order valence-corrected chi connectivity index (χ4v) is 2.59. The SMILES string of the molecule is Cc1ccc(NC(=O)[C@H]2Cc3ccccc3C(=O)O2)c([N+](=O)[O-])c1. The van der Waals surface area contributed by atoms with Gasteiger partial charge in [0.15, 0.2) is 6.10 Å². The lowest BCUT2D eigenvalue weighted by atomic mass is 9.98. The van der Waals surface area contributed by atoms with Crippen LogP contribution in [0, 0.1) is 17.0 Å². The number of nitro benzene ring substituents is 1. The van der Waals surface area contributed by atoms with Crippen LogP contribution in [0.4, 0.5) is 11.4 Å². The van der Waals surface area contributed by atoms with Crippen LogP contribution in [0.3, 0.4) is 0 Å². The number of aryl methyl sites for hydroxylation is 1. The Kier molecular flexibility index (Phi) is 3.99. The normalized spacial score (nSPS) is 16.0. The molecule has 1 amide bonds. The highest BCUT2D eigenvalue weighted by molar-refractivity contribution is 6.01. The van der Waals surface area contributed by atoms with Gasteiger partial charge in [-0.1, -0.05) is 24.3 Å². The van der Waals surface area contributed by atoms with Crippen LogP contribution in [-0.4, -0.2) is 22.9 Å². The van der Waals surface area contributed by atoms with Crippen LogP contribution in [0.2, 0.25) is 0 Å². The van der Waals surface area contributed by atoms with Gasteiger partial charge in [-0.15, -0.1) is 0 Å². The van der Waals surface area contributed by atoms with Gasteiger partial charge in [0.2, 0.25) is 0 Å². The number of benzene rings is 2. The van der Waals surface area contributed by atoms with Crippen LogP contribution in [0.25, 0.3) is 0 Å². The Bertz CT molecular complexity index is 847. The predicted octanol–water partition coefficient (Wildman–Crippen LogP) is 2.62. The van der Waals surface area contributed by atoms with Crippen molar-refractivity contribution in [3.8, 4) is 0 Å². The van der Waals surface area contributed by atoms with Crippen LogP contribution in [-0.2, 0) is 16.0 Å². The summed E-state index contributed by atoms with van der Waals surface area (Å²) in [6, 6.07) is 11.4. The van der Waals surface area contributed by atoms with Crippen molar-refractivity contribution in [2.75, 3.05) is 5.32 Å². The van der Waals surface area contributed by atoms with Gasteiger partial charge in [0.25, 0.3) is 11.6 Å². The number of cyclic esters (lactones) is 1. The summed E-state index contributed by atoms with van der Waals surface area (Å²) >= 11 is 0. The van der Waals surface area contributed by atoms with E-state index in [1.165, 1.54) is 12.1 Å². The summed E-state index contributed by atoms with van der Waals surface area (Å²) in [5, 5.41) is 13.6. The highest BCUT2D eigenvalue weighted by Crippen LogP contribution is 2.27. The van der Waals surface area contributed by atoms with Gasteiger partial charge < -0.3 is 10.1 Å². The summed E-state index contributed by atoms with van der Waals surface area (Å²) in [6.07, 6.45) is -0.791. The van der Waals surface area contributed by atoms with Crippen molar-refractivity contribution in [2.45, 2.75) is 19.4 Å². The van der Waals surface area contributed by atoms with E-state index in [-0.39, 0.29) is 17.8 Å². The Morgan fingerprint density at radius 2 is 2.04 bits per heavy atom. The van der Waals surface area contributed by atoms with Crippen molar-refractivity contribution in [3.05, 3.63) is 69.3 Å². The average molecular weight is 326 g/mol. The number of nitrogens with one attached hydrogen (secondary N) is 1. The smallest absolute Gasteiger partial charge is 0.339 e. The minimum Gasteiger partial charge on any atom is -0.448 e. The summed E-state index contributed by atoms with van der Waals surface area (Å²) in [7, 11) is 0. The molecule has 0 spiro atoms. The molecule has 0 fully saturated rings. The van der Waals surface area contributed by atoms with Crippen molar-refractivity contribution in [2.24, 2.45) is 0 Å². The summed E-state index contributed by atoms with van der Waals surface area (Å²) in [4.78, 5) is 34.9. The molecule has 0 saturated heterocycles. The molecule has 7 heteroatoms. The lowest BCUT2D eigenvalue weighted by Crippen LogP contribution is -2.38. The first-order chi connectivity index (χ1) is 11.5. The molecular formula is C17H14N2O5. The van der Waals surface area contributed by atoms with E-state index in [4.69, 9.17) is 4.74 Å². The van der Waals surface area contributed by atoms with Crippen molar-refractivity contribution in [1.82, 2.24) is 0 Å². The largest absolute Gasteiger partial charge is 0.448 e. The lowest BCUT2D eigenvalue weighted by molar-refractivity contribution is -0.384. The van der Waals surface area contributed by atoms with Crippen molar-refractivity contribution < 1.29 is 19.2 Å². The molecule has 0 bridgehead atoms. The number of carbonyl (C=O) groups is 2. The van der Waals surface area contributed by atoms with Gasteiger partial charge in [-0.25, -0.2) is 4.79 Å². The van der Waals surface area contributed by atoms with E-state index in [1.807, 2.05) is 0 Å². The maximum atomic E-state index is 12.4. The number of carbonyl (C=O) groups excluding carboxylic acids is 2. The topological polar surface area (TPSA) is 98.5 Å². The fourth-order valence-electron chi connectivity index (χ4n) is 2.59. The molecule has 0 unspecified atom stereocenters. The Balaban J connectivity index is 1.82. The summed E-state index contributed by atoms with van der Waals surface area (Å²) < 4.78 is 5.15. The number of nitrogens with zero attached hydrogens (tertiary/aromatic N) is 1. The predicted molar refractivity (Wildman–Crippen MR) is 85.8 cm³/mol. The van der Waals surface area contributed by atoms with Gasteiger partial charge in [0.05, 0.1) is 10.5 Å². The highest BCUT2D eigenvalue weighted by atomic mass is 16.6. The summed E-state index contributed by atoms with van der Waals surface area (Å²) in [5.74, 6) is -1.17. The Morgan fingerprint density at radius 3 is 2.79 bits per heavy atom. The molecule has 2 aromatic carbocycles. The molecule has 1 atom stereocenters. The third-order valence-electron chi connectivity index (χ3n) is 3.79. The number of rotatable bonds is 3. The van der Waals surface area contributed by atoms with Gasteiger partial charge in [0, 0.05) is 12.5 Å². The van der Waals surface area contributed by atoms with Crippen molar-refractivity contribution in [3.63, 3.8) is 0 Å². The summed E-state index contributed by atoms with van der Waals surface area (Å²) in [5.41, 5.74) is 1.73. The molecule has 1 aliphatic rings. The molecule has 0 aromatic heterocycles. The monoisotopic (exact) mass is 326 g/mol. The number of amides is 1. The van der Waals surface area contributed by atoms with Gasteiger partial charge in [-0.05, 0) is 30.2 Å².